The molecule has 0 saturated heterocycles. The van der Waals surface area contributed by atoms with Crippen LogP contribution in [0.15, 0.2) is 10.2 Å². The van der Waals surface area contributed by atoms with E-state index in [0.717, 1.165) is 0 Å². The number of terminal acetylenes is 1. The van der Waals surface area contributed by atoms with E-state index in [1.807, 2.05) is 0 Å². The Morgan fingerprint density at radius 3 is 2.19 bits per heavy atom. The summed E-state index contributed by atoms with van der Waals surface area (Å²) in [4.78, 5) is 16.0. The highest BCUT2D eigenvalue weighted by Crippen LogP contribution is 2.13. The minimum Gasteiger partial charge on any atom is -0.343 e. The molecule has 1 heterocycles. The van der Waals surface area contributed by atoms with Crippen LogP contribution in [0.3, 0.4) is 0 Å². The van der Waals surface area contributed by atoms with Crippen LogP contribution in [-0.2, 0) is 0 Å². The second-order valence-electron chi connectivity index (χ2n) is 2.20. The molecule has 0 spiro atoms. The fraction of sp³-hybridized carbons (Fsp3) is 0.167. The van der Waals surface area contributed by atoms with Crippen LogP contribution in [0.25, 0.3) is 20.9 Å². The van der Waals surface area contributed by atoms with Gasteiger partial charge < -0.3 is 5.32 Å². The van der Waals surface area contributed by atoms with E-state index in [1.165, 1.54) is 0 Å². The van der Waals surface area contributed by atoms with Gasteiger partial charge in [0.1, 0.15) is 0 Å². The zero-order chi connectivity index (χ0) is 11.8. The summed E-state index contributed by atoms with van der Waals surface area (Å²) >= 11 is 0. The summed E-state index contributed by atoms with van der Waals surface area (Å²) in [5.74, 6) is 1.95. The van der Waals surface area contributed by atoms with Crippen molar-refractivity contribution in [3.8, 4) is 12.3 Å². The molecule has 10 heteroatoms. The van der Waals surface area contributed by atoms with Crippen LogP contribution in [0.4, 0.5) is 17.8 Å². The number of nitrogens with one attached hydrogen (secondary N) is 1. The second kappa shape index (κ2) is 5.66. The Kier molecular flexibility index (Phi) is 3.92. The molecule has 10 nitrogen and oxygen atoms in total. The Hall–Kier alpha value is -3.01. The van der Waals surface area contributed by atoms with Crippen molar-refractivity contribution >= 4 is 17.8 Å². The molecule has 0 saturated carbocycles. The molecule has 1 aromatic rings. The number of hydrogen-bond acceptors (Lipinski definition) is 6. The summed E-state index contributed by atoms with van der Waals surface area (Å²) in [6.45, 7) is 0.176. The highest BCUT2D eigenvalue weighted by Gasteiger charge is 2.02. The van der Waals surface area contributed by atoms with Gasteiger partial charge in [-0.05, 0) is 21.3 Å². The van der Waals surface area contributed by atoms with Crippen molar-refractivity contribution < 1.29 is 0 Å². The molecule has 1 aromatic heterocycles. The first-order valence-electron chi connectivity index (χ1n) is 3.83. The SMILES string of the molecule is C#CCNc1nc(N=[N+]=[N-])nc(N=[N+]=[N-])n1. The van der Waals surface area contributed by atoms with Crippen LogP contribution in [0.1, 0.15) is 0 Å². The van der Waals surface area contributed by atoms with Crippen molar-refractivity contribution in [3.63, 3.8) is 0 Å². The normalized spacial score (nSPS) is 8.19. The van der Waals surface area contributed by atoms with Gasteiger partial charge in [0.2, 0.25) is 17.8 Å². The summed E-state index contributed by atoms with van der Waals surface area (Å²) in [6, 6.07) is 0. The molecule has 1 N–H and O–H groups in total. The Balaban J connectivity index is 3.13. The molecule has 1 rings (SSSR count). The molecule has 16 heavy (non-hydrogen) atoms. The molecule has 0 aromatic carbocycles. The minimum atomic E-state index is -0.209. The molecule has 0 radical (unpaired) electrons. The average molecular weight is 216 g/mol. The molecular formula is C6H4N10. The number of hydrogen-bond donors (Lipinski definition) is 1. The lowest BCUT2D eigenvalue weighted by Crippen LogP contribution is -2.03. The Morgan fingerprint density at radius 1 is 1.19 bits per heavy atom. The topological polar surface area (TPSA) is 148 Å². The summed E-state index contributed by atoms with van der Waals surface area (Å²) in [5.41, 5.74) is 16.4. The molecule has 0 fully saturated rings. The van der Waals surface area contributed by atoms with Gasteiger partial charge in [0, 0.05) is 9.82 Å². The summed E-state index contributed by atoms with van der Waals surface area (Å²) in [7, 11) is 0. The van der Waals surface area contributed by atoms with E-state index in [-0.39, 0.29) is 24.4 Å². The van der Waals surface area contributed by atoms with Gasteiger partial charge in [-0.1, -0.05) is 5.92 Å². The molecular weight excluding hydrogens is 212 g/mol. The van der Waals surface area contributed by atoms with Crippen molar-refractivity contribution in [1.82, 2.24) is 15.0 Å². The monoisotopic (exact) mass is 216 g/mol. The van der Waals surface area contributed by atoms with Crippen LogP contribution in [0, 0.1) is 12.3 Å². The zero-order valence-electron chi connectivity index (χ0n) is 7.81. The minimum absolute atomic E-state index is 0.0674. The first kappa shape index (κ1) is 11.1. The maximum Gasteiger partial charge on any atom is 0.227 e. The predicted octanol–water partition coefficient (Wildman–Crippen LogP) is 1.80. The maximum absolute atomic E-state index is 8.21. The summed E-state index contributed by atoms with van der Waals surface area (Å²) in [6.07, 6.45) is 5.02. The molecule has 0 amide bonds. The van der Waals surface area contributed by atoms with Gasteiger partial charge in [-0.15, -0.1) is 6.42 Å². The van der Waals surface area contributed by atoms with Crippen LogP contribution in [0.5, 0.6) is 0 Å². The van der Waals surface area contributed by atoms with Gasteiger partial charge in [-0.25, -0.2) is 4.98 Å². The number of aromatic nitrogens is 3. The van der Waals surface area contributed by atoms with Crippen LogP contribution in [-0.4, -0.2) is 21.5 Å². The first-order valence-corrected chi connectivity index (χ1v) is 3.83. The maximum atomic E-state index is 8.21. The third-order valence-corrected chi connectivity index (χ3v) is 1.23. The van der Waals surface area contributed by atoms with E-state index >= 15 is 0 Å². The Labute approximate surface area is 89.0 Å². The lowest BCUT2D eigenvalue weighted by molar-refractivity contribution is 1.01. The first-order chi connectivity index (χ1) is 7.80. The quantitative estimate of drug-likeness (QED) is 0.353. The lowest BCUT2D eigenvalue weighted by Gasteiger charge is -2.01. The molecule has 0 unspecified atom stereocenters. The number of rotatable bonds is 4. The fourth-order valence-corrected chi connectivity index (χ4v) is 0.732. The van der Waals surface area contributed by atoms with Crippen LogP contribution in [0.2, 0.25) is 0 Å². The molecule has 0 aliphatic heterocycles. The van der Waals surface area contributed by atoms with Gasteiger partial charge in [0.05, 0.1) is 6.54 Å². The van der Waals surface area contributed by atoms with Crippen molar-refractivity contribution in [2.45, 2.75) is 0 Å². The standard InChI is InChI=1S/C6H4N10/c1-2-3-9-4-10-5(13-15-7)12-6(11-4)14-16-8/h1H,3H2,(H,9,10,11,12). The number of nitrogens with zero attached hydrogens (tertiary/aromatic N) is 9. The molecule has 0 aliphatic rings. The van der Waals surface area contributed by atoms with Crippen molar-refractivity contribution in [1.29, 1.82) is 0 Å². The number of azide groups is 2. The second-order valence-corrected chi connectivity index (χ2v) is 2.20. The largest absolute Gasteiger partial charge is 0.343 e. The van der Waals surface area contributed by atoms with Crippen molar-refractivity contribution in [3.05, 3.63) is 20.9 Å². The highest BCUT2D eigenvalue weighted by molar-refractivity contribution is 5.37. The van der Waals surface area contributed by atoms with Gasteiger partial charge in [0.15, 0.2) is 0 Å². The van der Waals surface area contributed by atoms with Crippen LogP contribution >= 0.6 is 0 Å². The van der Waals surface area contributed by atoms with E-state index in [9.17, 15) is 0 Å². The Morgan fingerprint density at radius 2 is 1.75 bits per heavy atom. The van der Waals surface area contributed by atoms with Gasteiger partial charge in [0.25, 0.3) is 0 Å². The predicted molar refractivity (Wildman–Crippen MR) is 54.8 cm³/mol. The third kappa shape index (κ3) is 3.04. The van der Waals surface area contributed by atoms with E-state index in [1.54, 1.807) is 0 Å². The fourth-order valence-electron chi connectivity index (χ4n) is 0.732. The Bertz CT molecular complexity index is 478. The lowest BCUT2D eigenvalue weighted by atomic mass is 10.6. The molecule has 78 valence electrons. The third-order valence-electron chi connectivity index (χ3n) is 1.23. The van der Waals surface area contributed by atoms with E-state index < -0.39 is 0 Å². The van der Waals surface area contributed by atoms with E-state index in [0.29, 0.717) is 0 Å². The smallest absolute Gasteiger partial charge is 0.227 e. The molecule has 0 atom stereocenters. The van der Waals surface area contributed by atoms with Gasteiger partial charge >= 0.3 is 0 Å². The van der Waals surface area contributed by atoms with Gasteiger partial charge in [-0.3, -0.25) is 0 Å². The molecule has 0 aliphatic carbocycles. The zero-order valence-corrected chi connectivity index (χ0v) is 7.81. The van der Waals surface area contributed by atoms with Crippen LogP contribution < -0.4 is 5.32 Å². The van der Waals surface area contributed by atoms with E-state index in [4.69, 9.17) is 17.5 Å². The number of anilines is 1. The van der Waals surface area contributed by atoms with Crippen molar-refractivity contribution in [2.24, 2.45) is 10.2 Å². The van der Waals surface area contributed by atoms with Crippen molar-refractivity contribution in [2.75, 3.05) is 11.9 Å². The highest BCUT2D eigenvalue weighted by atomic mass is 15.3. The average Bonchev–Trinajstić information content (AvgIpc) is 2.27. The summed E-state index contributed by atoms with van der Waals surface area (Å²) < 4.78 is 0. The van der Waals surface area contributed by atoms with E-state index in [2.05, 4.69) is 46.2 Å². The summed E-state index contributed by atoms with van der Waals surface area (Å²) in [5, 5.41) is 8.95. The van der Waals surface area contributed by atoms with Gasteiger partial charge in [-0.2, -0.15) is 9.97 Å². The molecule has 0 bridgehead atoms.